The Morgan fingerprint density at radius 3 is 2.75 bits per heavy atom. The zero-order chi connectivity index (χ0) is 16.8. The molecule has 124 valence electrons. The van der Waals surface area contributed by atoms with Gasteiger partial charge in [-0.05, 0) is 29.8 Å². The Labute approximate surface area is 139 Å². The summed E-state index contributed by atoms with van der Waals surface area (Å²) in [4.78, 5) is 11.8. The molecule has 0 unspecified atom stereocenters. The molecule has 7 nitrogen and oxygen atoms in total. The summed E-state index contributed by atoms with van der Waals surface area (Å²) in [5.41, 5.74) is 1.81. The number of nitrogens with one attached hydrogen (secondary N) is 2. The molecule has 0 fully saturated rings. The molecule has 0 bridgehead atoms. The van der Waals surface area contributed by atoms with Crippen LogP contribution in [0, 0.1) is 0 Å². The molecule has 0 aliphatic rings. The average molecular weight is 325 g/mol. The van der Waals surface area contributed by atoms with E-state index in [9.17, 15) is 4.79 Å². The molecular weight excluding hydrogens is 306 g/mol. The van der Waals surface area contributed by atoms with E-state index in [0.717, 1.165) is 22.8 Å². The molecule has 0 saturated heterocycles. The normalized spacial score (nSPS) is 10.5. The lowest BCUT2D eigenvalue weighted by Crippen LogP contribution is -2.36. The first-order valence-electron chi connectivity index (χ1n) is 7.69. The van der Waals surface area contributed by atoms with Crippen molar-refractivity contribution in [2.45, 2.75) is 13.0 Å². The second-order valence-electron chi connectivity index (χ2n) is 5.25. The smallest absolute Gasteiger partial charge is 0.315 e. The van der Waals surface area contributed by atoms with Crippen molar-refractivity contribution in [3.8, 4) is 5.75 Å². The lowest BCUT2D eigenvalue weighted by molar-refractivity contribution is 0.240. The number of rotatable bonds is 6. The van der Waals surface area contributed by atoms with Gasteiger partial charge in [-0.1, -0.05) is 18.2 Å². The van der Waals surface area contributed by atoms with Gasteiger partial charge in [0.15, 0.2) is 5.65 Å². The van der Waals surface area contributed by atoms with Crippen molar-refractivity contribution in [2.24, 2.45) is 0 Å². The highest BCUT2D eigenvalue weighted by molar-refractivity contribution is 5.73. The zero-order valence-electron chi connectivity index (χ0n) is 13.4. The Bertz CT molecular complexity index is 813. The van der Waals surface area contributed by atoms with Gasteiger partial charge in [0.1, 0.15) is 11.6 Å². The van der Waals surface area contributed by atoms with Crippen LogP contribution in [-0.4, -0.2) is 34.3 Å². The van der Waals surface area contributed by atoms with Crippen molar-refractivity contribution in [2.75, 3.05) is 13.7 Å². The molecule has 24 heavy (non-hydrogen) atoms. The van der Waals surface area contributed by atoms with Crippen molar-refractivity contribution >= 4 is 11.7 Å². The molecule has 2 heterocycles. The first kappa shape index (κ1) is 15.8. The Balaban J connectivity index is 1.44. The van der Waals surface area contributed by atoms with E-state index in [1.807, 2.05) is 53.1 Å². The van der Waals surface area contributed by atoms with Crippen LogP contribution in [0.1, 0.15) is 11.4 Å². The first-order valence-corrected chi connectivity index (χ1v) is 7.69. The fourth-order valence-corrected chi connectivity index (χ4v) is 2.34. The van der Waals surface area contributed by atoms with Crippen molar-refractivity contribution in [1.82, 2.24) is 25.2 Å². The summed E-state index contributed by atoms with van der Waals surface area (Å²) in [6, 6.07) is 13.1. The molecule has 1 aromatic carbocycles. The van der Waals surface area contributed by atoms with Crippen LogP contribution in [0.2, 0.25) is 0 Å². The third-order valence-corrected chi connectivity index (χ3v) is 3.63. The van der Waals surface area contributed by atoms with Crippen LogP contribution >= 0.6 is 0 Å². The van der Waals surface area contributed by atoms with Crippen LogP contribution in [0.15, 0.2) is 48.7 Å². The van der Waals surface area contributed by atoms with E-state index in [-0.39, 0.29) is 6.03 Å². The number of carbonyl (C=O) groups excluding carboxylic acids is 1. The Kier molecular flexibility index (Phi) is 4.90. The number of ether oxygens (including phenoxy) is 1. The SMILES string of the molecule is COc1ccc(CNC(=O)NCCc2nnc3ccccn23)cc1. The van der Waals surface area contributed by atoms with Crippen molar-refractivity contribution in [3.63, 3.8) is 0 Å². The van der Waals surface area contributed by atoms with Gasteiger partial charge in [0.25, 0.3) is 0 Å². The van der Waals surface area contributed by atoms with E-state index in [2.05, 4.69) is 20.8 Å². The largest absolute Gasteiger partial charge is 0.497 e. The third-order valence-electron chi connectivity index (χ3n) is 3.63. The summed E-state index contributed by atoms with van der Waals surface area (Å²) in [7, 11) is 1.62. The van der Waals surface area contributed by atoms with Crippen LogP contribution < -0.4 is 15.4 Å². The fraction of sp³-hybridized carbons (Fsp3) is 0.235. The molecule has 2 N–H and O–H groups in total. The summed E-state index contributed by atoms with van der Waals surface area (Å²) in [5.74, 6) is 1.62. The standard InChI is InChI=1S/C17H19N5O2/c1-24-14-7-5-13(6-8-14)12-19-17(23)18-10-9-16-21-20-15-4-2-3-11-22(15)16/h2-8,11H,9-10,12H2,1H3,(H2,18,19,23). The van der Waals surface area contributed by atoms with Gasteiger partial charge in [0, 0.05) is 25.7 Å². The number of nitrogens with zero attached hydrogens (tertiary/aromatic N) is 3. The number of hydrogen-bond acceptors (Lipinski definition) is 4. The number of aromatic nitrogens is 3. The highest BCUT2D eigenvalue weighted by Crippen LogP contribution is 2.10. The van der Waals surface area contributed by atoms with Gasteiger partial charge in [0.05, 0.1) is 7.11 Å². The second kappa shape index (κ2) is 7.45. The van der Waals surface area contributed by atoms with Gasteiger partial charge < -0.3 is 15.4 Å². The van der Waals surface area contributed by atoms with Gasteiger partial charge in [-0.25, -0.2) is 4.79 Å². The lowest BCUT2D eigenvalue weighted by atomic mass is 10.2. The number of urea groups is 1. The highest BCUT2D eigenvalue weighted by Gasteiger charge is 2.05. The van der Waals surface area contributed by atoms with Crippen LogP contribution in [0.25, 0.3) is 5.65 Å². The van der Waals surface area contributed by atoms with Gasteiger partial charge in [0.2, 0.25) is 0 Å². The summed E-state index contributed by atoms with van der Waals surface area (Å²) in [5, 5.41) is 13.9. The Morgan fingerprint density at radius 2 is 1.96 bits per heavy atom. The minimum absolute atomic E-state index is 0.209. The summed E-state index contributed by atoms with van der Waals surface area (Å²) < 4.78 is 7.01. The monoisotopic (exact) mass is 325 g/mol. The van der Waals surface area contributed by atoms with Crippen LogP contribution in [0.4, 0.5) is 4.79 Å². The number of benzene rings is 1. The van der Waals surface area contributed by atoms with E-state index in [1.165, 1.54) is 0 Å². The Hall–Kier alpha value is -3.09. The molecule has 3 rings (SSSR count). The molecule has 0 saturated carbocycles. The third kappa shape index (κ3) is 3.81. The van der Waals surface area contributed by atoms with E-state index >= 15 is 0 Å². The number of hydrogen-bond donors (Lipinski definition) is 2. The van der Waals surface area contributed by atoms with Gasteiger partial charge in [-0.3, -0.25) is 4.40 Å². The fourth-order valence-electron chi connectivity index (χ4n) is 2.34. The van der Waals surface area contributed by atoms with Crippen LogP contribution in [-0.2, 0) is 13.0 Å². The predicted octanol–water partition coefficient (Wildman–Crippen LogP) is 1.78. The van der Waals surface area contributed by atoms with Crippen molar-refractivity contribution < 1.29 is 9.53 Å². The van der Waals surface area contributed by atoms with E-state index in [1.54, 1.807) is 7.11 Å². The molecule has 0 aliphatic carbocycles. The summed E-state index contributed by atoms with van der Waals surface area (Å²) in [6.45, 7) is 0.952. The van der Waals surface area contributed by atoms with Crippen LogP contribution in [0.3, 0.4) is 0 Å². The molecule has 7 heteroatoms. The maximum atomic E-state index is 11.8. The topological polar surface area (TPSA) is 80.5 Å². The number of fused-ring (bicyclic) bond motifs is 1. The maximum Gasteiger partial charge on any atom is 0.315 e. The molecule has 0 radical (unpaired) electrons. The molecule has 0 spiro atoms. The number of methoxy groups -OCH3 is 1. The van der Waals surface area contributed by atoms with Gasteiger partial charge >= 0.3 is 6.03 Å². The number of carbonyl (C=O) groups is 1. The minimum atomic E-state index is -0.209. The van der Waals surface area contributed by atoms with Crippen molar-refractivity contribution in [1.29, 1.82) is 0 Å². The van der Waals surface area contributed by atoms with E-state index in [4.69, 9.17) is 4.74 Å². The maximum absolute atomic E-state index is 11.8. The van der Waals surface area contributed by atoms with Crippen LogP contribution in [0.5, 0.6) is 5.75 Å². The van der Waals surface area contributed by atoms with E-state index in [0.29, 0.717) is 19.5 Å². The second-order valence-corrected chi connectivity index (χ2v) is 5.25. The summed E-state index contributed by atoms with van der Waals surface area (Å²) >= 11 is 0. The molecule has 3 aromatic rings. The van der Waals surface area contributed by atoms with E-state index < -0.39 is 0 Å². The first-order chi connectivity index (χ1) is 11.8. The van der Waals surface area contributed by atoms with Gasteiger partial charge in [-0.2, -0.15) is 0 Å². The van der Waals surface area contributed by atoms with Crippen molar-refractivity contribution in [3.05, 3.63) is 60.0 Å². The molecule has 2 amide bonds. The number of pyridine rings is 1. The predicted molar refractivity (Wildman–Crippen MR) is 89.9 cm³/mol. The van der Waals surface area contributed by atoms with Gasteiger partial charge in [-0.15, -0.1) is 10.2 Å². The minimum Gasteiger partial charge on any atom is -0.497 e. The quantitative estimate of drug-likeness (QED) is 0.724. The molecule has 2 aromatic heterocycles. The lowest BCUT2D eigenvalue weighted by Gasteiger charge is -2.08. The summed E-state index contributed by atoms with van der Waals surface area (Å²) in [6.07, 6.45) is 2.52. The zero-order valence-corrected chi connectivity index (χ0v) is 13.4. The highest BCUT2D eigenvalue weighted by atomic mass is 16.5. The number of amides is 2. The molecule has 0 atom stereocenters. The molecular formula is C17H19N5O2. The molecule has 0 aliphatic heterocycles. The average Bonchev–Trinajstić information content (AvgIpc) is 3.04. The Morgan fingerprint density at radius 1 is 1.12 bits per heavy atom.